The van der Waals surface area contributed by atoms with Crippen molar-refractivity contribution in [3.63, 3.8) is 0 Å². The highest BCUT2D eigenvalue weighted by molar-refractivity contribution is 5.70. The molecule has 1 rings (SSSR count). The maximum Gasteiger partial charge on any atom is 0.306 e. The van der Waals surface area contributed by atoms with Crippen molar-refractivity contribution >= 4 is 11.9 Å². The first-order valence-corrected chi connectivity index (χ1v) is 26.7. The van der Waals surface area contributed by atoms with Gasteiger partial charge in [0.2, 0.25) is 0 Å². The number of hydrogen-bond acceptors (Lipinski definition) is 10. The Labute approximate surface area is 407 Å². The molecule has 4 N–H and O–H groups in total. The largest absolute Gasteiger partial charge is 0.462 e. The SMILES string of the molecule is CC/C=C\C/C=C\C/C=C\C/C=C\CCCCCCCCCCCCC(=O)OC(COC(=O)CCCCCCCC/C=C\C/C=C\C/C=C\CCCCC)COC1OC(CO)C(O)C(O)C1O. The summed E-state index contributed by atoms with van der Waals surface area (Å²) in [5.74, 6) is -0.828. The fourth-order valence-corrected chi connectivity index (χ4v) is 7.60. The van der Waals surface area contributed by atoms with E-state index in [1.807, 2.05) is 0 Å². The molecule has 1 heterocycles. The van der Waals surface area contributed by atoms with Gasteiger partial charge in [-0.25, -0.2) is 0 Å². The maximum atomic E-state index is 12.9. The van der Waals surface area contributed by atoms with Gasteiger partial charge in [0, 0.05) is 12.8 Å². The summed E-state index contributed by atoms with van der Waals surface area (Å²) in [6.45, 7) is 3.28. The lowest BCUT2D eigenvalue weighted by atomic mass is 9.99. The van der Waals surface area contributed by atoms with Crippen LogP contribution in [0.3, 0.4) is 0 Å². The van der Waals surface area contributed by atoms with E-state index in [2.05, 4.69) is 98.9 Å². The fourth-order valence-electron chi connectivity index (χ4n) is 7.60. The number of allylic oxidation sites excluding steroid dienone is 14. The van der Waals surface area contributed by atoms with Crippen molar-refractivity contribution in [2.75, 3.05) is 19.8 Å². The molecule has 0 saturated carbocycles. The molecule has 384 valence electrons. The average Bonchev–Trinajstić information content (AvgIpc) is 3.33. The number of carbonyl (C=O) groups is 2. The molecule has 0 aromatic carbocycles. The number of unbranched alkanes of at least 4 members (excludes halogenated alkanes) is 19. The first-order chi connectivity index (χ1) is 32.8. The third-order valence-electron chi connectivity index (χ3n) is 11.8. The highest BCUT2D eigenvalue weighted by Gasteiger charge is 2.44. The highest BCUT2D eigenvalue weighted by Crippen LogP contribution is 2.23. The molecular formula is C57H96O10. The van der Waals surface area contributed by atoms with E-state index < -0.39 is 55.4 Å². The molecule has 10 nitrogen and oxygen atoms in total. The first-order valence-electron chi connectivity index (χ1n) is 26.7. The van der Waals surface area contributed by atoms with Crippen molar-refractivity contribution < 1.29 is 49.0 Å². The van der Waals surface area contributed by atoms with Gasteiger partial charge < -0.3 is 39.4 Å². The van der Waals surface area contributed by atoms with Crippen LogP contribution in [0.25, 0.3) is 0 Å². The van der Waals surface area contributed by atoms with Crippen LogP contribution < -0.4 is 0 Å². The van der Waals surface area contributed by atoms with Gasteiger partial charge in [-0.1, -0.05) is 189 Å². The van der Waals surface area contributed by atoms with Crippen LogP contribution in [0.4, 0.5) is 0 Å². The second kappa shape index (κ2) is 46.6. The summed E-state index contributed by atoms with van der Waals surface area (Å²) in [6, 6.07) is 0. The summed E-state index contributed by atoms with van der Waals surface area (Å²) in [5.41, 5.74) is 0. The Hall–Kier alpha value is -3.12. The number of aliphatic hydroxyl groups excluding tert-OH is 4. The predicted octanol–water partition coefficient (Wildman–Crippen LogP) is 12.9. The molecule has 6 atom stereocenters. The molecule has 0 amide bonds. The van der Waals surface area contributed by atoms with Crippen LogP contribution in [-0.2, 0) is 28.5 Å². The molecule has 1 saturated heterocycles. The van der Waals surface area contributed by atoms with E-state index in [0.717, 1.165) is 103 Å². The molecule has 1 aliphatic rings. The first kappa shape index (κ1) is 61.9. The molecule has 1 aliphatic heterocycles. The molecule has 1 fully saturated rings. The van der Waals surface area contributed by atoms with Crippen LogP contribution >= 0.6 is 0 Å². The lowest BCUT2D eigenvalue weighted by Gasteiger charge is -2.39. The van der Waals surface area contributed by atoms with E-state index in [4.69, 9.17) is 18.9 Å². The van der Waals surface area contributed by atoms with Crippen molar-refractivity contribution in [1.82, 2.24) is 0 Å². The Bertz CT molecular complexity index is 1360. The number of carbonyl (C=O) groups excluding carboxylic acids is 2. The number of ether oxygens (including phenoxy) is 4. The Morgan fingerprint density at radius 1 is 0.478 bits per heavy atom. The number of rotatable bonds is 44. The standard InChI is InChI=1S/C57H96O10/c1-3-5-7-9-11-13-15-17-19-21-23-24-25-26-28-30-32-34-36-38-40-42-44-46-53(60)66-50(49-65-57-56(63)55(62)54(61)51(47-58)67-57)48-64-52(59)45-43-41-39-37-35-33-31-29-27-22-20-18-16-14-12-10-8-6-4-2/h5,7,11-14,17-20,23-24,27,29,50-51,54-58,61-63H,3-4,6,8-10,15-16,21-22,25-26,28,30-49H2,1-2H3/b7-5-,13-11-,14-12-,19-17-,20-18-,24-23-,29-27-. The van der Waals surface area contributed by atoms with Crippen LogP contribution in [0, 0.1) is 0 Å². The van der Waals surface area contributed by atoms with Gasteiger partial charge >= 0.3 is 11.9 Å². The number of aliphatic hydroxyl groups is 4. The zero-order valence-electron chi connectivity index (χ0n) is 42.1. The third kappa shape index (κ3) is 37.5. The third-order valence-corrected chi connectivity index (χ3v) is 11.8. The van der Waals surface area contributed by atoms with Gasteiger partial charge in [-0.05, 0) is 89.9 Å². The van der Waals surface area contributed by atoms with Crippen molar-refractivity contribution in [2.24, 2.45) is 0 Å². The van der Waals surface area contributed by atoms with E-state index in [-0.39, 0.29) is 26.1 Å². The highest BCUT2D eigenvalue weighted by atomic mass is 16.7. The molecular weight excluding hydrogens is 845 g/mol. The molecule has 0 aliphatic carbocycles. The molecule has 0 spiro atoms. The van der Waals surface area contributed by atoms with E-state index in [9.17, 15) is 30.0 Å². The summed E-state index contributed by atoms with van der Waals surface area (Å²) in [7, 11) is 0. The summed E-state index contributed by atoms with van der Waals surface area (Å²) in [6.07, 6.45) is 54.4. The van der Waals surface area contributed by atoms with Gasteiger partial charge in [0.25, 0.3) is 0 Å². The van der Waals surface area contributed by atoms with Gasteiger partial charge in [0.15, 0.2) is 12.4 Å². The van der Waals surface area contributed by atoms with E-state index >= 15 is 0 Å². The second-order valence-corrected chi connectivity index (χ2v) is 17.9. The van der Waals surface area contributed by atoms with Crippen molar-refractivity contribution in [3.8, 4) is 0 Å². The zero-order valence-corrected chi connectivity index (χ0v) is 42.1. The minimum Gasteiger partial charge on any atom is -0.462 e. The summed E-state index contributed by atoms with van der Waals surface area (Å²) in [5, 5.41) is 40.3. The Kier molecular flexibility index (Phi) is 43.1. The monoisotopic (exact) mass is 941 g/mol. The van der Waals surface area contributed by atoms with Crippen molar-refractivity contribution in [1.29, 1.82) is 0 Å². The van der Waals surface area contributed by atoms with Gasteiger partial charge in [0.1, 0.15) is 31.0 Å². The average molecular weight is 941 g/mol. The molecule has 10 heteroatoms. The molecule has 67 heavy (non-hydrogen) atoms. The second-order valence-electron chi connectivity index (χ2n) is 17.9. The predicted molar refractivity (Wildman–Crippen MR) is 274 cm³/mol. The van der Waals surface area contributed by atoms with Crippen LogP contribution in [0.5, 0.6) is 0 Å². The van der Waals surface area contributed by atoms with Gasteiger partial charge in [-0.2, -0.15) is 0 Å². The Morgan fingerprint density at radius 2 is 0.881 bits per heavy atom. The smallest absolute Gasteiger partial charge is 0.306 e. The summed E-state index contributed by atoms with van der Waals surface area (Å²) in [4.78, 5) is 25.5. The molecule has 0 bridgehead atoms. The van der Waals surface area contributed by atoms with Gasteiger partial charge in [-0.3, -0.25) is 9.59 Å². The van der Waals surface area contributed by atoms with Crippen LogP contribution in [-0.4, -0.2) is 89.0 Å². The van der Waals surface area contributed by atoms with E-state index in [1.54, 1.807) is 0 Å². The summed E-state index contributed by atoms with van der Waals surface area (Å²) < 4.78 is 22.3. The van der Waals surface area contributed by atoms with Crippen molar-refractivity contribution in [2.45, 2.75) is 243 Å². The Balaban J connectivity index is 2.26. The van der Waals surface area contributed by atoms with E-state index in [1.165, 1.54) is 64.2 Å². The zero-order chi connectivity index (χ0) is 48.7. The van der Waals surface area contributed by atoms with Crippen molar-refractivity contribution in [3.05, 3.63) is 85.1 Å². The quantitative estimate of drug-likeness (QED) is 0.0264. The van der Waals surface area contributed by atoms with E-state index in [0.29, 0.717) is 12.8 Å². The van der Waals surface area contributed by atoms with Crippen LogP contribution in [0.1, 0.15) is 206 Å². The van der Waals surface area contributed by atoms with Crippen LogP contribution in [0.2, 0.25) is 0 Å². The fraction of sp³-hybridized carbons (Fsp3) is 0.719. The lowest BCUT2D eigenvalue weighted by Crippen LogP contribution is -2.59. The number of hydrogen-bond donors (Lipinski definition) is 4. The molecule has 6 unspecified atom stereocenters. The van der Waals surface area contributed by atoms with Gasteiger partial charge in [0.05, 0.1) is 13.2 Å². The maximum absolute atomic E-state index is 12.9. The Morgan fingerprint density at radius 3 is 1.33 bits per heavy atom. The molecule has 0 aromatic rings. The molecule has 0 aromatic heterocycles. The minimum absolute atomic E-state index is 0.217. The number of esters is 2. The van der Waals surface area contributed by atoms with Crippen LogP contribution in [0.15, 0.2) is 85.1 Å². The van der Waals surface area contributed by atoms with Gasteiger partial charge in [-0.15, -0.1) is 0 Å². The minimum atomic E-state index is -1.60. The lowest BCUT2D eigenvalue weighted by molar-refractivity contribution is -0.305. The topological polar surface area (TPSA) is 152 Å². The summed E-state index contributed by atoms with van der Waals surface area (Å²) >= 11 is 0. The normalized spacial score (nSPS) is 19.8. The molecule has 0 radical (unpaired) electrons.